The van der Waals surface area contributed by atoms with Crippen molar-refractivity contribution in [3.63, 3.8) is 0 Å². The van der Waals surface area contributed by atoms with Crippen LogP contribution in [0.2, 0.25) is 0 Å². The predicted octanol–water partition coefficient (Wildman–Crippen LogP) is -0.459. The van der Waals surface area contributed by atoms with Crippen LogP contribution in [0, 0.1) is 0 Å². The number of rotatable bonds is 8. The van der Waals surface area contributed by atoms with Gasteiger partial charge in [0.25, 0.3) is 10.2 Å². The van der Waals surface area contributed by atoms with Gasteiger partial charge in [-0.2, -0.15) is 17.4 Å². The maximum Gasteiger partial charge on any atom is 0.279 e. The zero-order valence-electron chi connectivity index (χ0n) is 10.6. The lowest BCUT2D eigenvalue weighted by Crippen LogP contribution is -2.48. The summed E-state index contributed by atoms with van der Waals surface area (Å²) in [5.41, 5.74) is 0. The number of ether oxygens (including phenoxy) is 1. The fraction of sp³-hybridized carbons (Fsp3) is 1.00. The molecular weight excluding hydrogens is 242 g/mol. The Morgan fingerprint density at radius 3 is 2.82 bits per heavy atom. The summed E-state index contributed by atoms with van der Waals surface area (Å²) in [6, 6.07) is 0.0787. The quantitative estimate of drug-likeness (QED) is 0.583. The molecule has 17 heavy (non-hydrogen) atoms. The summed E-state index contributed by atoms with van der Waals surface area (Å²) in [5, 5.41) is 3.19. The van der Waals surface area contributed by atoms with E-state index in [1.807, 2.05) is 6.92 Å². The Balaban J connectivity index is 2.60. The number of hydrogen-bond donors (Lipinski definition) is 2. The molecule has 1 saturated heterocycles. The van der Waals surface area contributed by atoms with E-state index >= 15 is 0 Å². The van der Waals surface area contributed by atoms with Gasteiger partial charge in [0, 0.05) is 32.8 Å². The molecule has 0 aromatic carbocycles. The zero-order valence-corrected chi connectivity index (χ0v) is 11.4. The fourth-order valence-corrected chi connectivity index (χ4v) is 3.46. The molecule has 6 nitrogen and oxygen atoms in total. The van der Waals surface area contributed by atoms with Crippen molar-refractivity contribution in [3.05, 3.63) is 0 Å². The maximum atomic E-state index is 12.1. The topological polar surface area (TPSA) is 70.7 Å². The van der Waals surface area contributed by atoms with E-state index in [0.717, 1.165) is 25.9 Å². The highest BCUT2D eigenvalue weighted by molar-refractivity contribution is 7.87. The van der Waals surface area contributed by atoms with Crippen molar-refractivity contribution in [2.24, 2.45) is 0 Å². The summed E-state index contributed by atoms with van der Waals surface area (Å²) in [7, 11) is -1.82. The highest BCUT2D eigenvalue weighted by Gasteiger charge is 2.30. The van der Waals surface area contributed by atoms with Crippen molar-refractivity contribution in [2.45, 2.75) is 25.8 Å². The van der Waals surface area contributed by atoms with E-state index in [2.05, 4.69) is 10.0 Å². The van der Waals surface area contributed by atoms with E-state index in [1.165, 1.54) is 0 Å². The smallest absolute Gasteiger partial charge is 0.279 e. The first-order chi connectivity index (χ1) is 8.11. The van der Waals surface area contributed by atoms with Crippen LogP contribution in [-0.4, -0.2) is 58.7 Å². The van der Waals surface area contributed by atoms with Crippen LogP contribution < -0.4 is 10.0 Å². The van der Waals surface area contributed by atoms with E-state index in [0.29, 0.717) is 19.7 Å². The number of methoxy groups -OCH3 is 1. The fourth-order valence-electron chi connectivity index (χ4n) is 1.96. The van der Waals surface area contributed by atoms with Crippen LogP contribution in [0.5, 0.6) is 0 Å². The van der Waals surface area contributed by atoms with Gasteiger partial charge in [-0.05, 0) is 19.4 Å². The molecule has 0 saturated carbocycles. The molecule has 0 aromatic heterocycles. The molecular formula is C10H23N3O3S. The van der Waals surface area contributed by atoms with Gasteiger partial charge in [-0.3, -0.25) is 0 Å². The van der Waals surface area contributed by atoms with Gasteiger partial charge in [-0.1, -0.05) is 6.92 Å². The monoisotopic (exact) mass is 265 g/mol. The van der Waals surface area contributed by atoms with Crippen molar-refractivity contribution in [1.29, 1.82) is 0 Å². The van der Waals surface area contributed by atoms with Crippen LogP contribution in [0.3, 0.4) is 0 Å². The molecule has 1 unspecified atom stereocenters. The van der Waals surface area contributed by atoms with Gasteiger partial charge in [0.15, 0.2) is 0 Å². The third-order valence-corrected chi connectivity index (χ3v) is 4.45. The van der Waals surface area contributed by atoms with Gasteiger partial charge < -0.3 is 10.1 Å². The summed E-state index contributed by atoms with van der Waals surface area (Å²) >= 11 is 0. The zero-order chi connectivity index (χ0) is 12.7. The highest BCUT2D eigenvalue weighted by atomic mass is 32.2. The lowest BCUT2D eigenvalue weighted by Gasteiger charge is -2.27. The molecule has 1 rings (SSSR count). The third kappa shape index (κ3) is 4.51. The van der Waals surface area contributed by atoms with E-state index in [9.17, 15) is 8.42 Å². The Hall–Kier alpha value is -0.210. The Morgan fingerprint density at radius 1 is 1.53 bits per heavy atom. The molecule has 0 spiro atoms. The van der Waals surface area contributed by atoms with Crippen molar-refractivity contribution in [1.82, 2.24) is 14.3 Å². The second kappa shape index (κ2) is 7.27. The molecule has 0 bridgehead atoms. The van der Waals surface area contributed by atoms with Crippen LogP contribution in [0.4, 0.5) is 0 Å². The minimum atomic E-state index is -3.38. The Kier molecular flexibility index (Phi) is 6.35. The molecule has 1 aliphatic heterocycles. The van der Waals surface area contributed by atoms with Gasteiger partial charge in [0.05, 0.1) is 6.61 Å². The number of nitrogens with one attached hydrogen (secondary N) is 2. The van der Waals surface area contributed by atoms with E-state index < -0.39 is 10.2 Å². The average molecular weight is 265 g/mol. The average Bonchev–Trinajstić information content (AvgIpc) is 2.79. The third-order valence-electron chi connectivity index (χ3n) is 2.78. The summed E-state index contributed by atoms with van der Waals surface area (Å²) in [6.45, 7) is 4.89. The van der Waals surface area contributed by atoms with Crippen LogP contribution in [0.25, 0.3) is 0 Å². The largest absolute Gasteiger partial charge is 0.383 e. The van der Waals surface area contributed by atoms with Crippen LogP contribution in [0.15, 0.2) is 0 Å². The number of nitrogens with zero attached hydrogens (tertiary/aromatic N) is 1. The molecule has 1 aliphatic rings. The second-order valence-electron chi connectivity index (χ2n) is 4.15. The molecule has 102 valence electrons. The van der Waals surface area contributed by atoms with Gasteiger partial charge in [0.1, 0.15) is 0 Å². The summed E-state index contributed by atoms with van der Waals surface area (Å²) < 4.78 is 33.2. The van der Waals surface area contributed by atoms with Crippen molar-refractivity contribution >= 4 is 10.2 Å². The molecule has 1 fully saturated rings. The van der Waals surface area contributed by atoms with Gasteiger partial charge in [-0.25, -0.2) is 0 Å². The summed E-state index contributed by atoms with van der Waals surface area (Å²) in [4.78, 5) is 0. The molecule has 0 aliphatic carbocycles. The van der Waals surface area contributed by atoms with Crippen LogP contribution in [0.1, 0.15) is 19.8 Å². The lowest BCUT2D eigenvalue weighted by atomic mass is 10.2. The van der Waals surface area contributed by atoms with E-state index in [1.54, 1.807) is 11.4 Å². The Bertz CT molecular complexity index is 302. The lowest BCUT2D eigenvalue weighted by molar-refractivity contribution is 0.203. The van der Waals surface area contributed by atoms with Gasteiger partial charge in [-0.15, -0.1) is 0 Å². The first-order valence-corrected chi connectivity index (χ1v) is 7.52. The maximum absolute atomic E-state index is 12.1. The SMILES string of the molecule is CCCN(C1CCNC1)S(=O)(=O)NCCOC. The van der Waals surface area contributed by atoms with E-state index in [-0.39, 0.29) is 6.04 Å². The summed E-state index contributed by atoms with van der Waals surface area (Å²) in [6.07, 6.45) is 1.70. The standard InChI is InChI=1S/C10H23N3O3S/c1-3-7-13(10-4-5-11-9-10)17(14,15)12-6-8-16-2/h10-12H,3-9H2,1-2H3. The normalized spacial score (nSPS) is 21.2. The molecule has 0 radical (unpaired) electrons. The van der Waals surface area contributed by atoms with Crippen molar-refractivity contribution < 1.29 is 13.2 Å². The molecule has 1 heterocycles. The molecule has 0 aromatic rings. The molecule has 1 atom stereocenters. The first kappa shape index (κ1) is 14.8. The first-order valence-electron chi connectivity index (χ1n) is 6.08. The van der Waals surface area contributed by atoms with Crippen LogP contribution >= 0.6 is 0 Å². The molecule has 7 heteroatoms. The minimum absolute atomic E-state index is 0.0787. The van der Waals surface area contributed by atoms with Gasteiger partial charge in [0.2, 0.25) is 0 Å². The van der Waals surface area contributed by atoms with Crippen molar-refractivity contribution in [2.75, 3.05) is 39.9 Å². The predicted molar refractivity (Wildman–Crippen MR) is 67.1 cm³/mol. The molecule has 0 amide bonds. The van der Waals surface area contributed by atoms with Gasteiger partial charge >= 0.3 is 0 Å². The van der Waals surface area contributed by atoms with E-state index in [4.69, 9.17) is 4.74 Å². The Labute approximate surface area is 104 Å². The number of hydrogen-bond acceptors (Lipinski definition) is 4. The highest BCUT2D eigenvalue weighted by Crippen LogP contribution is 2.12. The minimum Gasteiger partial charge on any atom is -0.383 e. The Morgan fingerprint density at radius 2 is 2.29 bits per heavy atom. The molecule has 2 N–H and O–H groups in total. The summed E-state index contributed by atoms with van der Waals surface area (Å²) in [5.74, 6) is 0. The second-order valence-corrected chi connectivity index (χ2v) is 5.86. The van der Waals surface area contributed by atoms with Crippen LogP contribution in [-0.2, 0) is 14.9 Å². The van der Waals surface area contributed by atoms with Crippen molar-refractivity contribution in [3.8, 4) is 0 Å².